The van der Waals surface area contributed by atoms with E-state index < -0.39 is 0 Å². The monoisotopic (exact) mass is 203 g/mol. The van der Waals surface area contributed by atoms with E-state index in [0.29, 0.717) is 6.04 Å². The maximum Gasteiger partial charge on any atom is 0.237 e. The van der Waals surface area contributed by atoms with Gasteiger partial charge < -0.3 is 4.90 Å². The van der Waals surface area contributed by atoms with E-state index in [-0.39, 0.29) is 11.8 Å². The van der Waals surface area contributed by atoms with Gasteiger partial charge in [0.15, 0.2) is 0 Å². The summed E-state index contributed by atoms with van der Waals surface area (Å²) in [5.74, 6) is 0.253. The van der Waals surface area contributed by atoms with Crippen LogP contribution in [0.25, 0.3) is 0 Å². The summed E-state index contributed by atoms with van der Waals surface area (Å²) in [6.07, 6.45) is 5.90. The molecule has 1 heterocycles. The number of hydrogen-bond donors (Lipinski definition) is 0. The van der Waals surface area contributed by atoms with Gasteiger partial charge in [0.1, 0.15) is 5.88 Å². The van der Waals surface area contributed by atoms with Crippen molar-refractivity contribution in [2.45, 2.75) is 45.1 Å². The summed E-state index contributed by atoms with van der Waals surface area (Å²) < 4.78 is 0. The summed E-state index contributed by atoms with van der Waals surface area (Å²) in [4.78, 5) is 13.3. The van der Waals surface area contributed by atoms with Gasteiger partial charge in [-0.15, -0.1) is 11.6 Å². The van der Waals surface area contributed by atoms with Crippen LogP contribution in [0.1, 0.15) is 39.0 Å². The molecule has 0 radical (unpaired) electrons. The fraction of sp³-hybridized carbons (Fsp3) is 0.900. The molecule has 3 heteroatoms. The fourth-order valence-electron chi connectivity index (χ4n) is 1.98. The van der Waals surface area contributed by atoms with E-state index in [1.807, 2.05) is 4.90 Å². The van der Waals surface area contributed by atoms with E-state index in [1.165, 1.54) is 19.3 Å². The second kappa shape index (κ2) is 5.48. The summed E-state index contributed by atoms with van der Waals surface area (Å²) in [6, 6.07) is 0.478. The topological polar surface area (TPSA) is 20.3 Å². The van der Waals surface area contributed by atoms with Gasteiger partial charge in [0, 0.05) is 12.6 Å². The number of rotatable bonds is 4. The molecule has 0 aromatic carbocycles. The minimum absolute atomic E-state index is 0.111. The lowest BCUT2D eigenvalue weighted by molar-refractivity contribution is -0.129. The molecular formula is C10H18ClNO. The molecule has 1 atom stereocenters. The van der Waals surface area contributed by atoms with Crippen LogP contribution in [-0.2, 0) is 4.79 Å². The fourth-order valence-corrected chi connectivity index (χ4v) is 2.13. The largest absolute Gasteiger partial charge is 0.339 e. The molecule has 1 aliphatic rings. The number of amides is 1. The maximum absolute atomic E-state index is 11.4. The number of hydrogen-bond acceptors (Lipinski definition) is 1. The minimum atomic E-state index is 0.111. The summed E-state index contributed by atoms with van der Waals surface area (Å²) in [7, 11) is 0. The summed E-state index contributed by atoms with van der Waals surface area (Å²) in [5.41, 5.74) is 0. The van der Waals surface area contributed by atoms with Crippen LogP contribution in [0.5, 0.6) is 0 Å². The second-order valence-corrected chi connectivity index (χ2v) is 3.93. The zero-order valence-electron chi connectivity index (χ0n) is 8.26. The molecule has 1 aliphatic heterocycles. The first kappa shape index (κ1) is 10.8. The Morgan fingerprint density at radius 2 is 2.38 bits per heavy atom. The molecule has 0 aromatic rings. The first-order chi connectivity index (χ1) is 6.29. The van der Waals surface area contributed by atoms with Crippen molar-refractivity contribution in [2.75, 3.05) is 12.4 Å². The SMILES string of the molecule is CCCCC1CCCN1C(=O)CCl. The normalized spacial score (nSPS) is 22.3. The van der Waals surface area contributed by atoms with Crippen molar-refractivity contribution in [2.24, 2.45) is 0 Å². The predicted molar refractivity (Wildman–Crippen MR) is 55.0 cm³/mol. The Morgan fingerprint density at radius 1 is 1.62 bits per heavy atom. The standard InChI is InChI=1S/C10H18ClNO/c1-2-3-5-9-6-4-7-12(9)10(13)8-11/h9H,2-8H2,1H3. The van der Waals surface area contributed by atoms with Gasteiger partial charge in [-0.1, -0.05) is 19.8 Å². The third-order valence-electron chi connectivity index (χ3n) is 2.70. The maximum atomic E-state index is 11.4. The number of nitrogens with zero attached hydrogens (tertiary/aromatic N) is 1. The third-order valence-corrected chi connectivity index (χ3v) is 2.93. The number of alkyl halides is 1. The number of carbonyl (C=O) groups is 1. The molecule has 0 spiro atoms. The molecule has 0 saturated carbocycles. The Labute approximate surface area is 85.2 Å². The number of unbranched alkanes of at least 4 members (excludes halogenated alkanes) is 1. The molecule has 1 amide bonds. The average molecular weight is 204 g/mol. The van der Waals surface area contributed by atoms with Crippen molar-refractivity contribution < 1.29 is 4.79 Å². The summed E-state index contributed by atoms with van der Waals surface area (Å²) in [5, 5.41) is 0. The van der Waals surface area contributed by atoms with E-state index in [4.69, 9.17) is 11.6 Å². The molecule has 1 fully saturated rings. The molecule has 0 aromatic heterocycles. The third kappa shape index (κ3) is 2.87. The van der Waals surface area contributed by atoms with E-state index in [1.54, 1.807) is 0 Å². The van der Waals surface area contributed by atoms with E-state index >= 15 is 0 Å². The summed E-state index contributed by atoms with van der Waals surface area (Å²) >= 11 is 5.54. The lowest BCUT2D eigenvalue weighted by Crippen LogP contribution is -2.36. The highest BCUT2D eigenvalue weighted by molar-refractivity contribution is 6.27. The quantitative estimate of drug-likeness (QED) is 0.643. The van der Waals surface area contributed by atoms with Crippen LogP contribution in [0.3, 0.4) is 0 Å². The predicted octanol–water partition coefficient (Wildman–Crippen LogP) is 2.41. The highest BCUT2D eigenvalue weighted by Crippen LogP contribution is 2.22. The van der Waals surface area contributed by atoms with Gasteiger partial charge in [-0.05, 0) is 19.3 Å². The van der Waals surface area contributed by atoms with E-state index in [2.05, 4.69) is 6.92 Å². The van der Waals surface area contributed by atoms with Crippen molar-refractivity contribution >= 4 is 17.5 Å². The lowest BCUT2D eigenvalue weighted by Gasteiger charge is -2.23. The Bertz CT molecular complexity index is 172. The van der Waals surface area contributed by atoms with Crippen molar-refractivity contribution in [1.29, 1.82) is 0 Å². The number of likely N-dealkylation sites (tertiary alicyclic amines) is 1. The van der Waals surface area contributed by atoms with Gasteiger partial charge in [0.25, 0.3) is 0 Å². The van der Waals surface area contributed by atoms with E-state index in [0.717, 1.165) is 19.4 Å². The van der Waals surface area contributed by atoms with Crippen LogP contribution in [0.2, 0.25) is 0 Å². The molecule has 1 rings (SSSR count). The molecule has 2 nitrogen and oxygen atoms in total. The van der Waals surface area contributed by atoms with Gasteiger partial charge in [-0.25, -0.2) is 0 Å². The van der Waals surface area contributed by atoms with Crippen molar-refractivity contribution in [3.8, 4) is 0 Å². The average Bonchev–Trinajstić information content (AvgIpc) is 2.61. The van der Waals surface area contributed by atoms with Crippen LogP contribution in [0, 0.1) is 0 Å². The van der Waals surface area contributed by atoms with Crippen LogP contribution < -0.4 is 0 Å². The Morgan fingerprint density at radius 3 is 3.00 bits per heavy atom. The zero-order chi connectivity index (χ0) is 9.68. The molecule has 76 valence electrons. The minimum Gasteiger partial charge on any atom is -0.339 e. The van der Waals surface area contributed by atoms with Crippen molar-refractivity contribution in [1.82, 2.24) is 4.90 Å². The molecule has 0 N–H and O–H groups in total. The van der Waals surface area contributed by atoms with Gasteiger partial charge in [-0.3, -0.25) is 4.79 Å². The highest BCUT2D eigenvalue weighted by atomic mass is 35.5. The van der Waals surface area contributed by atoms with E-state index in [9.17, 15) is 4.79 Å². The van der Waals surface area contributed by atoms with Crippen LogP contribution in [0.15, 0.2) is 0 Å². The first-order valence-corrected chi connectivity index (χ1v) is 5.68. The summed E-state index contributed by atoms with van der Waals surface area (Å²) in [6.45, 7) is 3.10. The zero-order valence-corrected chi connectivity index (χ0v) is 9.02. The molecule has 1 saturated heterocycles. The lowest BCUT2D eigenvalue weighted by atomic mass is 10.1. The molecule has 1 unspecified atom stereocenters. The second-order valence-electron chi connectivity index (χ2n) is 3.66. The Kier molecular flexibility index (Phi) is 4.57. The smallest absolute Gasteiger partial charge is 0.237 e. The van der Waals surface area contributed by atoms with Crippen LogP contribution in [-0.4, -0.2) is 29.3 Å². The molecule has 0 aliphatic carbocycles. The van der Waals surface area contributed by atoms with Gasteiger partial charge in [0.2, 0.25) is 5.91 Å². The molecule has 13 heavy (non-hydrogen) atoms. The van der Waals surface area contributed by atoms with Gasteiger partial charge >= 0.3 is 0 Å². The number of halogens is 1. The molecule has 0 bridgehead atoms. The van der Waals surface area contributed by atoms with Crippen molar-refractivity contribution in [3.63, 3.8) is 0 Å². The first-order valence-electron chi connectivity index (χ1n) is 5.15. The van der Waals surface area contributed by atoms with Crippen molar-refractivity contribution in [3.05, 3.63) is 0 Å². The highest BCUT2D eigenvalue weighted by Gasteiger charge is 2.26. The Balaban J connectivity index is 2.39. The van der Waals surface area contributed by atoms with Crippen LogP contribution in [0.4, 0.5) is 0 Å². The van der Waals surface area contributed by atoms with Gasteiger partial charge in [0.05, 0.1) is 0 Å². The van der Waals surface area contributed by atoms with Crippen LogP contribution >= 0.6 is 11.6 Å². The number of carbonyl (C=O) groups excluding carboxylic acids is 1. The molecular weight excluding hydrogens is 186 g/mol. The van der Waals surface area contributed by atoms with Gasteiger partial charge in [-0.2, -0.15) is 0 Å². The Hall–Kier alpha value is -0.240.